The number of hydrogen-bond donors (Lipinski definition) is 1. The van der Waals surface area contributed by atoms with E-state index in [1.165, 1.54) is 5.69 Å². The van der Waals surface area contributed by atoms with Crippen LogP contribution < -0.4 is 4.74 Å². The highest BCUT2D eigenvalue weighted by molar-refractivity contribution is 7.82. The van der Waals surface area contributed by atoms with Gasteiger partial charge < -0.3 is 14.4 Å². The molecular weight excluding hydrogens is 348 g/mol. The topological polar surface area (TPSA) is 54.7 Å². The Morgan fingerprint density at radius 3 is 2.31 bits per heavy atom. The van der Waals surface area contributed by atoms with Crippen LogP contribution in [0.1, 0.15) is 42.4 Å². The lowest BCUT2D eigenvalue weighted by Crippen LogP contribution is -2.41. The van der Waals surface area contributed by atoms with E-state index in [0.29, 0.717) is 6.54 Å². The molecule has 0 radical (unpaired) electrons. The van der Waals surface area contributed by atoms with E-state index in [4.69, 9.17) is 4.74 Å². The van der Waals surface area contributed by atoms with E-state index < -0.39 is 11.0 Å². The highest BCUT2D eigenvalue weighted by Gasteiger charge is 2.33. The number of benzene rings is 1. The van der Waals surface area contributed by atoms with Crippen molar-refractivity contribution in [3.05, 3.63) is 46.8 Å². The maximum Gasteiger partial charge on any atom is 0.128 e. The molecule has 1 N–H and O–H groups in total. The third-order valence-electron chi connectivity index (χ3n) is 4.70. The molecule has 2 unspecified atom stereocenters. The smallest absolute Gasteiger partial charge is 0.128 e. The highest BCUT2D eigenvalue weighted by atomic mass is 32.2. The van der Waals surface area contributed by atoms with Gasteiger partial charge in [0, 0.05) is 24.5 Å². The fraction of sp³-hybridized carbons (Fsp3) is 0.500. The van der Waals surface area contributed by atoms with Crippen LogP contribution >= 0.6 is 0 Å². The number of fused-ring (bicyclic) bond motifs is 1. The van der Waals surface area contributed by atoms with Gasteiger partial charge in [0.1, 0.15) is 16.7 Å². The van der Waals surface area contributed by atoms with Gasteiger partial charge in [-0.3, -0.25) is 0 Å². The Morgan fingerprint density at radius 2 is 1.77 bits per heavy atom. The van der Waals surface area contributed by atoms with E-state index >= 15 is 0 Å². The summed E-state index contributed by atoms with van der Waals surface area (Å²) in [6.07, 6.45) is 0. The van der Waals surface area contributed by atoms with Crippen molar-refractivity contribution in [3.8, 4) is 5.75 Å². The van der Waals surface area contributed by atoms with Gasteiger partial charge >= 0.3 is 0 Å². The maximum atomic E-state index is 13.3. The molecule has 26 heavy (non-hydrogen) atoms. The van der Waals surface area contributed by atoms with Crippen LogP contribution in [0.15, 0.2) is 29.2 Å². The predicted octanol–water partition coefficient (Wildman–Crippen LogP) is 3.52. The molecule has 1 aliphatic rings. The van der Waals surface area contributed by atoms with Gasteiger partial charge in [0.15, 0.2) is 0 Å². The number of hydrogen-bond acceptors (Lipinski definition) is 3. The van der Waals surface area contributed by atoms with Gasteiger partial charge in [0.05, 0.1) is 24.7 Å². The minimum absolute atomic E-state index is 0.0521. The van der Waals surface area contributed by atoms with Gasteiger partial charge in [-0.15, -0.1) is 0 Å². The van der Waals surface area contributed by atoms with Crippen molar-refractivity contribution in [3.63, 3.8) is 0 Å². The number of nitrogens with zero attached hydrogens (tertiary/aromatic N) is 2. The lowest BCUT2D eigenvalue weighted by molar-refractivity contribution is 0.167. The molecule has 2 atom stereocenters. The molecule has 0 fully saturated rings. The van der Waals surface area contributed by atoms with Crippen LogP contribution in [0.4, 0.5) is 0 Å². The Hall–Kier alpha value is -1.63. The average Bonchev–Trinajstić information content (AvgIpc) is 3.02. The summed E-state index contributed by atoms with van der Waals surface area (Å²) in [5.41, 5.74) is 4.09. The fourth-order valence-electron chi connectivity index (χ4n) is 3.49. The van der Waals surface area contributed by atoms with Crippen molar-refractivity contribution in [2.45, 2.75) is 52.1 Å². The number of rotatable bonds is 4. The predicted molar refractivity (Wildman–Crippen MR) is 106 cm³/mol. The summed E-state index contributed by atoms with van der Waals surface area (Å²) >= 11 is 0. The van der Waals surface area contributed by atoms with Gasteiger partial charge in [-0.25, -0.2) is 8.51 Å². The van der Waals surface area contributed by atoms with E-state index in [1.54, 1.807) is 7.11 Å². The molecule has 1 aromatic carbocycles. The Kier molecular flexibility index (Phi) is 7.03. The molecule has 5 nitrogen and oxygen atoms in total. The standard InChI is InChI=1S/C18H24N2O3S.C2H6/c1-12-9-15(23-4)10-13(2)18(12)24(22)20-8-7-19-14(3)5-6-16(19)17(20)11-21;1-2/h5-6,9-10,17,21H,7-8,11H2,1-4H3;1-2H3. The number of aryl methyl sites for hydroxylation is 3. The first kappa shape index (κ1) is 20.7. The zero-order valence-corrected chi connectivity index (χ0v) is 17.4. The van der Waals surface area contributed by atoms with Crippen LogP contribution in [-0.2, 0) is 17.5 Å². The van der Waals surface area contributed by atoms with Gasteiger partial charge in [-0.2, -0.15) is 0 Å². The second-order valence-electron chi connectivity index (χ2n) is 6.23. The van der Waals surface area contributed by atoms with E-state index in [9.17, 15) is 9.32 Å². The van der Waals surface area contributed by atoms with Gasteiger partial charge in [0.25, 0.3) is 0 Å². The number of aliphatic hydroxyl groups is 1. The summed E-state index contributed by atoms with van der Waals surface area (Å²) in [6.45, 7) is 11.3. The van der Waals surface area contributed by atoms with E-state index in [-0.39, 0.29) is 12.6 Å². The van der Waals surface area contributed by atoms with Crippen molar-refractivity contribution in [2.75, 3.05) is 20.3 Å². The first-order valence-corrected chi connectivity index (χ1v) is 10.2. The van der Waals surface area contributed by atoms with Gasteiger partial charge in [-0.05, 0) is 56.2 Å². The summed E-state index contributed by atoms with van der Waals surface area (Å²) in [6, 6.07) is 7.63. The molecule has 0 spiro atoms. The maximum absolute atomic E-state index is 13.3. The molecule has 144 valence electrons. The average molecular weight is 379 g/mol. The quantitative estimate of drug-likeness (QED) is 0.886. The van der Waals surface area contributed by atoms with E-state index in [1.807, 2.05) is 56.3 Å². The van der Waals surface area contributed by atoms with Crippen molar-refractivity contribution < 1.29 is 14.1 Å². The number of methoxy groups -OCH3 is 1. The summed E-state index contributed by atoms with van der Waals surface area (Å²) in [5.74, 6) is 0.771. The molecular formula is C20H30N2O3S. The third kappa shape index (κ3) is 3.72. The lowest BCUT2D eigenvalue weighted by Gasteiger charge is -2.35. The first-order valence-electron chi connectivity index (χ1n) is 9.08. The summed E-state index contributed by atoms with van der Waals surface area (Å²) in [4.78, 5) is 0.811. The molecule has 0 aliphatic carbocycles. The Labute approximate surface area is 159 Å². The second kappa shape index (κ2) is 8.84. The summed E-state index contributed by atoms with van der Waals surface area (Å²) < 4.78 is 22.7. The number of aromatic nitrogens is 1. The molecule has 0 amide bonds. The van der Waals surface area contributed by atoms with Crippen LogP contribution in [0, 0.1) is 20.8 Å². The Morgan fingerprint density at radius 1 is 1.15 bits per heavy atom. The summed E-state index contributed by atoms with van der Waals surface area (Å²) in [5, 5.41) is 9.92. The van der Waals surface area contributed by atoms with Crippen LogP contribution in [0.3, 0.4) is 0 Å². The van der Waals surface area contributed by atoms with Crippen LogP contribution in [0.2, 0.25) is 0 Å². The van der Waals surface area contributed by atoms with Crippen LogP contribution in [-0.4, -0.2) is 38.4 Å². The Balaban J connectivity index is 0.00000117. The largest absolute Gasteiger partial charge is 0.497 e. The lowest BCUT2D eigenvalue weighted by atomic mass is 10.1. The van der Waals surface area contributed by atoms with Crippen LogP contribution in [0.5, 0.6) is 5.75 Å². The molecule has 2 heterocycles. The molecule has 6 heteroatoms. The van der Waals surface area contributed by atoms with Gasteiger partial charge in [0.2, 0.25) is 0 Å². The van der Waals surface area contributed by atoms with Crippen molar-refractivity contribution in [2.24, 2.45) is 0 Å². The molecule has 0 saturated carbocycles. The van der Waals surface area contributed by atoms with E-state index in [2.05, 4.69) is 11.5 Å². The zero-order chi connectivity index (χ0) is 19.4. The van der Waals surface area contributed by atoms with Gasteiger partial charge in [-0.1, -0.05) is 13.8 Å². The zero-order valence-electron chi connectivity index (χ0n) is 16.6. The minimum Gasteiger partial charge on any atom is -0.497 e. The van der Waals surface area contributed by atoms with Crippen molar-refractivity contribution in [1.29, 1.82) is 0 Å². The summed E-state index contributed by atoms with van der Waals surface area (Å²) in [7, 11) is 0.306. The normalized spacial score (nSPS) is 17.9. The minimum atomic E-state index is -1.33. The molecule has 3 rings (SSSR count). The molecule has 0 bridgehead atoms. The monoisotopic (exact) mass is 378 g/mol. The van der Waals surface area contributed by atoms with Crippen LogP contribution in [0.25, 0.3) is 0 Å². The fourth-order valence-corrected chi connectivity index (χ4v) is 5.05. The number of ether oxygens (including phenoxy) is 1. The highest BCUT2D eigenvalue weighted by Crippen LogP contribution is 2.33. The molecule has 0 saturated heterocycles. The number of aliphatic hydroxyl groups excluding tert-OH is 1. The first-order chi connectivity index (χ1) is 12.5. The molecule has 1 aromatic heterocycles. The third-order valence-corrected chi connectivity index (χ3v) is 6.55. The van der Waals surface area contributed by atoms with E-state index in [0.717, 1.165) is 34.0 Å². The molecule has 2 aromatic rings. The Bertz CT molecular complexity index is 762. The SMILES string of the molecule is CC.COc1cc(C)c(S(=O)N2CCn3c(C)ccc3C2CO)c(C)c1. The molecule has 1 aliphatic heterocycles. The van der Waals surface area contributed by atoms with Crippen molar-refractivity contribution >= 4 is 11.0 Å². The van der Waals surface area contributed by atoms with Crippen molar-refractivity contribution in [1.82, 2.24) is 8.87 Å². The second-order valence-corrected chi connectivity index (χ2v) is 7.61.